The zero-order valence-corrected chi connectivity index (χ0v) is 11.7. The Morgan fingerprint density at radius 1 is 1.24 bits per heavy atom. The second-order valence-corrected chi connectivity index (χ2v) is 5.93. The Morgan fingerprint density at radius 2 is 1.76 bits per heavy atom. The van der Waals surface area contributed by atoms with Gasteiger partial charge in [0, 0.05) is 0 Å². The Labute approximate surface area is 104 Å². The van der Waals surface area contributed by atoms with E-state index in [0.29, 0.717) is 11.8 Å². The molecule has 17 heavy (non-hydrogen) atoms. The van der Waals surface area contributed by atoms with Gasteiger partial charge in [-0.2, -0.15) is 0 Å². The summed E-state index contributed by atoms with van der Waals surface area (Å²) in [5.74, 6) is 1.18. The monoisotopic (exact) mass is 243 g/mol. The van der Waals surface area contributed by atoms with E-state index < -0.39 is 6.09 Å². The maximum absolute atomic E-state index is 10.9. The van der Waals surface area contributed by atoms with E-state index in [9.17, 15) is 4.79 Å². The lowest BCUT2D eigenvalue weighted by Crippen LogP contribution is -2.41. The van der Waals surface area contributed by atoms with Crippen molar-refractivity contribution < 1.29 is 14.3 Å². The molecule has 100 valence electrons. The minimum absolute atomic E-state index is 0.147. The maximum atomic E-state index is 10.9. The summed E-state index contributed by atoms with van der Waals surface area (Å²) in [5.41, 5.74) is 4.74. The summed E-state index contributed by atoms with van der Waals surface area (Å²) < 4.78 is 11.0. The van der Waals surface area contributed by atoms with E-state index in [1.54, 1.807) is 0 Å². The van der Waals surface area contributed by atoms with Crippen molar-refractivity contribution in [3.8, 4) is 0 Å². The summed E-state index contributed by atoms with van der Waals surface area (Å²) in [5, 5.41) is 0. The van der Waals surface area contributed by atoms with Crippen LogP contribution in [-0.2, 0) is 9.47 Å². The fourth-order valence-corrected chi connectivity index (χ4v) is 2.49. The predicted molar refractivity (Wildman–Crippen MR) is 66.6 cm³/mol. The van der Waals surface area contributed by atoms with Crippen LogP contribution in [0.15, 0.2) is 0 Å². The Hall–Kier alpha value is -0.770. The van der Waals surface area contributed by atoms with E-state index in [2.05, 4.69) is 20.8 Å². The molecule has 4 atom stereocenters. The summed E-state index contributed by atoms with van der Waals surface area (Å²) in [6, 6.07) is 0. The van der Waals surface area contributed by atoms with Crippen molar-refractivity contribution in [3.05, 3.63) is 0 Å². The number of nitrogens with two attached hydrogens (primary N) is 1. The van der Waals surface area contributed by atoms with Crippen molar-refractivity contribution in [1.82, 2.24) is 0 Å². The number of primary amides is 1. The number of hydrogen-bond acceptors (Lipinski definition) is 3. The van der Waals surface area contributed by atoms with Crippen LogP contribution in [0.2, 0.25) is 0 Å². The van der Waals surface area contributed by atoms with Crippen molar-refractivity contribution in [1.29, 1.82) is 0 Å². The van der Waals surface area contributed by atoms with Gasteiger partial charge in [-0.1, -0.05) is 34.6 Å². The molecule has 1 aliphatic rings. The molecule has 4 nitrogen and oxygen atoms in total. The zero-order valence-electron chi connectivity index (χ0n) is 11.7. The summed E-state index contributed by atoms with van der Waals surface area (Å²) >= 11 is 0. The van der Waals surface area contributed by atoms with Gasteiger partial charge in [-0.15, -0.1) is 0 Å². The van der Waals surface area contributed by atoms with Crippen LogP contribution in [0.3, 0.4) is 0 Å². The lowest BCUT2D eigenvalue weighted by molar-refractivity contribution is 0.0258. The molecule has 2 unspecified atom stereocenters. The summed E-state index contributed by atoms with van der Waals surface area (Å²) in [7, 11) is 0. The van der Waals surface area contributed by atoms with Crippen LogP contribution < -0.4 is 5.73 Å². The van der Waals surface area contributed by atoms with Gasteiger partial charge >= 0.3 is 6.09 Å². The fraction of sp³-hybridized carbons (Fsp3) is 0.923. The largest absolute Gasteiger partial charge is 0.443 e. The minimum atomic E-state index is -0.726. The minimum Gasteiger partial charge on any atom is -0.443 e. The Balaban J connectivity index is 2.73. The summed E-state index contributed by atoms with van der Waals surface area (Å²) in [4.78, 5) is 10.9. The standard InChI is InChI=1S/C13H25NO3/c1-7(2)9(5)11-13(6,17-11)10(8(3)4)16-12(14)15/h7-11H,1-6H3,(H2,14,15)/t9-,10-,11?,13?/m1/s1. The molecule has 0 aliphatic carbocycles. The highest BCUT2D eigenvalue weighted by molar-refractivity contribution is 5.65. The van der Waals surface area contributed by atoms with Crippen LogP contribution in [0, 0.1) is 17.8 Å². The van der Waals surface area contributed by atoms with Gasteiger partial charge in [-0.05, 0) is 24.7 Å². The van der Waals surface area contributed by atoms with E-state index in [1.165, 1.54) is 0 Å². The smallest absolute Gasteiger partial charge is 0.404 e. The molecule has 2 N–H and O–H groups in total. The molecule has 1 fully saturated rings. The van der Waals surface area contributed by atoms with Crippen molar-refractivity contribution in [3.63, 3.8) is 0 Å². The first-order chi connectivity index (χ1) is 7.70. The van der Waals surface area contributed by atoms with Crippen LogP contribution in [0.1, 0.15) is 41.5 Å². The second-order valence-electron chi connectivity index (χ2n) is 5.93. The van der Waals surface area contributed by atoms with Crippen molar-refractivity contribution in [2.75, 3.05) is 0 Å². The van der Waals surface area contributed by atoms with E-state index in [-0.39, 0.29) is 23.7 Å². The van der Waals surface area contributed by atoms with Gasteiger partial charge in [-0.25, -0.2) is 4.79 Å². The number of amides is 1. The second kappa shape index (κ2) is 4.84. The SMILES string of the molecule is CC(C)[C@@H](C)C1OC1(C)[C@H](OC(N)=O)C(C)C. The van der Waals surface area contributed by atoms with Crippen LogP contribution in [-0.4, -0.2) is 23.9 Å². The van der Waals surface area contributed by atoms with Crippen LogP contribution >= 0.6 is 0 Å². The molecule has 1 aliphatic heterocycles. The van der Waals surface area contributed by atoms with Crippen LogP contribution in [0.5, 0.6) is 0 Å². The highest BCUT2D eigenvalue weighted by Gasteiger charge is 2.62. The van der Waals surface area contributed by atoms with Gasteiger partial charge in [0.05, 0.1) is 6.10 Å². The first-order valence-electron chi connectivity index (χ1n) is 6.34. The third-order valence-corrected chi connectivity index (χ3v) is 3.83. The fourth-order valence-electron chi connectivity index (χ4n) is 2.49. The Bertz CT molecular complexity index is 290. The first-order valence-corrected chi connectivity index (χ1v) is 6.34. The van der Waals surface area contributed by atoms with Crippen molar-refractivity contribution in [2.45, 2.75) is 59.4 Å². The molecule has 1 rings (SSSR count). The van der Waals surface area contributed by atoms with Crippen molar-refractivity contribution >= 4 is 6.09 Å². The average Bonchev–Trinajstić information content (AvgIpc) is 2.86. The summed E-state index contributed by atoms with van der Waals surface area (Å²) in [6.07, 6.45) is -0.850. The first kappa shape index (κ1) is 14.3. The number of carbonyl (C=O) groups is 1. The highest BCUT2D eigenvalue weighted by atomic mass is 16.7. The maximum Gasteiger partial charge on any atom is 0.404 e. The van der Waals surface area contributed by atoms with E-state index in [4.69, 9.17) is 15.2 Å². The topological polar surface area (TPSA) is 64.8 Å². The molecule has 0 aromatic carbocycles. The molecular formula is C13H25NO3. The molecule has 0 aromatic heterocycles. The van der Waals surface area contributed by atoms with Gasteiger partial charge in [0.1, 0.15) is 11.7 Å². The lowest BCUT2D eigenvalue weighted by Gasteiger charge is -2.26. The van der Waals surface area contributed by atoms with Gasteiger partial charge < -0.3 is 15.2 Å². The zero-order chi connectivity index (χ0) is 13.4. The van der Waals surface area contributed by atoms with Crippen LogP contribution in [0.4, 0.5) is 4.79 Å². The van der Waals surface area contributed by atoms with E-state index in [1.807, 2.05) is 20.8 Å². The summed E-state index contributed by atoms with van der Waals surface area (Å²) in [6.45, 7) is 12.5. The van der Waals surface area contributed by atoms with E-state index >= 15 is 0 Å². The molecule has 1 amide bonds. The molecule has 0 radical (unpaired) electrons. The number of carbonyl (C=O) groups excluding carboxylic acids is 1. The number of hydrogen-bond donors (Lipinski definition) is 1. The third-order valence-electron chi connectivity index (χ3n) is 3.83. The predicted octanol–water partition coefficient (Wildman–Crippen LogP) is 2.56. The molecule has 0 spiro atoms. The van der Waals surface area contributed by atoms with Gasteiger partial charge in [0.15, 0.2) is 0 Å². The Kier molecular flexibility index (Phi) is 4.07. The van der Waals surface area contributed by atoms with Crippen LogP contribution in [0.25, 0.3) is 0 Å². The van der Waals surface area contributed by atoms with Gasteiger partial charge in [-0.3, -0.25) is 0 Å². The van der Waals surface area contributed by atoms with Gasteiger partial charge in [0.2, 0.25) is 0 Å². The Morgan fingerprint density at radius 3 is 2.12 bits per heavy atom. The molecule has 1 saturated heterocycles. The van der Waals surface area contributed by atoms with E-state index in [0.717, 1.165) is 0 Å². The number of rotatable bonds is 5. The number of ether oxygens (including phenoxy) is 2. The van der Waals surface area contributed by atoms with Crippen molar-refractivity contribution in [2.24, 2.45) is 23.5 Å². The normalized spacial score (nSPS) is 31.4. The molecule has 0 saturated carbocycles. The molecule has 0 bridgehead atoms. The number of epoxide rings is 1. The average molecular weight is 243 g/mol. The molecule has 0 aromatic rings. The molecule has 1 heterocycles. The quantitative estimate of drug-likeness (QED) is 0.755. The van der Waals surface area contributed by atoms with Gasteiger partial charge in [0.25, 0.3) is 0 Å². The highest BCUT2D eigenvalue weighted by Crippen LogP contribution is 2.48. The third kappa shape index (κ3) is 2.92. The molecule has 4 heteroatoms. The lowest BCUT2D eigenvalue weighted by atomic mass is 9.83. The molecular weight excluding hydrogens is 218 g/mol.